The molecule has 0 atom stereocenters. The van der Waals surface area contributed by atoms with Crippen LogP contribution in [0.15, 0.2) is 64.6 Å². The third-order valence-corrected chi connectivity index (χ3v) is 6.68. The number of ether oxygens (including phenoxy) is 2. The summed E-state index contributed by atoms with van der Waals surface area (Å²) in [6.45, 7) is 11.0. The fraction of sp³-hybridized carbons (Fsp3) is 0.355. The van der Waals surface area contributed by atoms with Gasteiger partial charge in [-0.05, 0) is 98.3 Å². The Kier molecular flexibility index (Phi) is 7.73. The Bertz CT molecular complexity index is 1230. The molecule has 0 unspecified atom stereocenters. The highest BCUT2D eigenvalue weighted by Gasteiger charge is 2.11. The summed E-state index contributed by atoms with van der Waals surface area (Å²) in [7, 11) is 0. The molecule has 2 aliphatic heterocycles. The normalized spacial score (nSPS) is 15.2. The first-order chi connectivity index (χ1) is 18.0. The van der Waals surface area contributed by atoms with Crippen LogP contribution in [0.4, 0.5) is 0 Å². The molecule has 0 saturated carbocycles. The summed E-state index contributed by atoms with van der Waals surface area (Å²) in [6, 6.07) is 19.1. The minimum absolute atomic E-state index is 0.511. The lowest BCUT2D eigenvalue weighted by Gasteiger charge is -2.17. The fourth-order valence-corrected chi connectivity index (χ4v) is 4.81. The van der Waals surface area contributed by atoms with Crippen LogP contribution in [-0.2, 0) is 13.2 Å². The molecule has 0 aromatic heterocycles. The smallest absolute Gasteiger partial charge is 0.128 e. The van der Waals surface area contributed by atoms with Gasteiger partial charge >= 0.3 is 0 Å². The minimum atomic E-state index is 0.511. The average molecular weight is 497 g/mol. The van der Waals surface area contributed by atoms with Gasteiger partial charge in [0, 0.05) is 37.3 Å². The molecule has 2 heterocycles. The molecule has 0 fully saturated rings. The minimum Gasteiger partial charge on any atom is -0.489 e. The van der Waals surface area contributed by atoms with Gasteiger partial charge < -0.3 is 20.1 Å². The van der Waals surface area contributed by atoms with Gasteiger partial charge in [0.1, 0.15) is 36.4 Å². The number of benzene rings is 3. The van der Waals surface area contributed by atoms with Crippen molar-refractivity contribution in [3.63, 3.8) is 0 Å². The number of rotatable bonds is 8. The van der Waals surface area contributed by atoms with E-state index < -0.39 is 0 Å². The van der Waals surface area contributed by atoms with Gasteiger partial charge in [0.2, 0.25) is 0 Å². The standard InChI is InChI=1S/C31H36N4O2/c1-21-14-24(19-36-28-8-6-26(16-22(28)2)30-32-10-4-11-33-30)18-25(15-21)20-37-29-9-7-27(17-23(29)3)31-34-12-5-13-35-31/h6-9,14-18H,4-5,10-13,19-20H2,1-3H3,(H,32,33)(H,34,35). The van der Waals surface area contributed by atoms with E-state index in [1.807, 2.05) is 12.1 Å². The van der Waals surface area contributed by atoms with Gasteiger partial charge in [-0.2, -0.15) is 0 Å². The van der Waals surface area contributed by atoms with Crippen molar-refractivity contribution in [2.75, 3.05) is 26.2 Å². The van der Waals surface area contributed by atoms with Crippen LogP contribution in [0.1, 0.15) is 51.8 Å². The lowest BCUT2D eigenvalue weighted by atomic mass is 10.1. The molecule has 37 heavy (non-hydrogen) atoms. The van der Waals surface area contributed by atoms with Crippen molar-refractivity contribution in [1.82, 2.24) is 10.6 Å². The molecule has 0 aliphatic carbocycles. The number of nitrogens with one attached hydrogen (secondary N) is 2. The van der Waals surface area contributed by atoms with Gasteiger partial charge in [-0.25, -0.2) is 0 Å². The lowest BCUT2D eigenvalue weighted by molar-refractivity contribution is 0.297. The van der Waals surface area contributed by atoms with E-state index in [0.717, 1.165) is 95.6 Å². The average Bonchev–Trinajstić information content (AvgIpc) is 2.92. The molecular formula is C31H36N4O2. The van der Waals surface area contributed by atoms with Crippen LogP contribution in [0, 0.1) is 20.8 Å². The highest BCUT2D eigenvalue weighted by atomic mass is 16.5. The molecule has 0 radical (unpaired) electrons. The van der Waals surface area contributed by atoms with Gasteiger partial charge in [-0.1, -0.05) is 17.7 Å². The van der Waals surface area contributed by atoms with Crippen molar-refractivity contribution in [3.05, 3.63) is 93.5 Å². The number of hydrogen-bond donors (Lipinski definition) is 2. The van der Waals surface area contributed by atoms with Gasteiger partial charge in [0.25, 0.3) is 0 Å². The molecule has 3 aromatic rings. The first kappa shape index (κ1) is 24.9. The SMILES string of the molecule is Cc1cc(COc2ccc(C3=NCCCN3)cc2C)cc(COc2ccc(C3=NCCCN3)cc2C)c1. The van der Waals surface area contributed by atoms with E-state index in [0.29, 0.717) is 13.2 Å². The molecule has 0 spiro atoms. The topological polar surface area (TPSA) is 67.2 Å². The van der Waals surface area contributed by atoms with Crippen LogP contribution >= 0.6 is 0 Å². The van der Waals surface area contributed by atoms with Crippen molar-refractivity contribution in [3.8, 4) is 11.5 Å². The maximum absolute atomic E-state index is 6.21. The van der Waals surface area contributed by atoms with Crippen molar-refractivity contribution in [1.29, 1.82) is 0 Å². The van der Waals surface area contributed by atoms with E-state index in [1.54, 1.807) is 0 Å². The number of hydrogen-bond acceptors (Lipinski definition) is 6. The van der Waals surface area contributed by atoms with Gasteiger partial charge in [-0.3, -0.25) is 9.98 Å². The summed E-state index contributed by atoms with van der Waals surface area (Å²) >= 11 is 0. The summed E-state index contributed by atoms with van der Waals surface area (Å²) in [6.07, 6.45) is 2.18. The van der Waals surface area contributed by atoms with Crippen LogP contribution in [0.5, 0.6) is 11.5 Å². The highest BCUT2D eigenvalue weighted by Crippen LogP contribution is 2.24. The molecule has 0 amide bonds. The first-order valence-corrected chi connectivity index (χ1v) is 13.2. The predicted molar refractivity (Wildman–Crippen MR) is 150 cm³/mol. The Morgan fingerprint density at radius 3 is 1.54 bits per heavy atom. The molecule has 192 valence electrons. The van der Waals surface area contributed by atoms with E-state index >= 15 is 0 Å². The van der Waals surface area contributed by atoms with Crippen LogP contribution in [-0.4, -0.2) is 37.9 Å². The molecule has 5 rings (SSSR count). The second-order valence-corrected chi connectivity index (χ2v) is 9.89. The van der Waals surface area contributed by atoms with E-state index in [-0.39, 0.29) is 0 Å². The quantitative estimate of drug-likeness (QED) is 0.447. The van der Waals surface area contributed by atoms with E-state index in [4.69, 9.17) is 9.47 Å². The number of aryl methyl sites for hydroxylation is 3. The summed E-state index contributed by atoms with van der Waals surface area (Å²) in [4.78, 5) is 9.20. The van der Waals surface area contributed by atoms with Crippen molar-refractivity contribution in [2.24, 2.45) is 9.98 Å². The van der Waals surface area contributed by atoms with Gasteiger partial charge in [0.05, 0.1) is 0 Å². The molecule has 6 heteroatoms. The monoisotopic (exact) mass is 496 g/mol. The zero-order valence-corrected chi connectivity index (χ0v) is 22.1. The fourth-order valence-electron chi connectivity index (χ4n) is 4.81. The van der Waals surface area contributed by atoms with Crippen molar-refractivity contribution >= 4 is 11.7 Å². The van der Waals surface area contributed by atoms with Crippen molar-refractivity contribution in [2.45, 2.75) is 46.8 Å². The molecule has 2 N–H and O–H groups in total. The Balaban J connectivity index is 1.21. The van der Waals surface area contributed by atoms with Crippen LogP contribution in [0.3, 0.4) is 0 Å². The van der Waals surface area contributed by atoms with E-state index in [1.165, 1.54) is 5.56 Å². The molecule has 0 saturated heterocycles. The van der Waals surface area contributed by atoms with Crippen LogP contribution < -0.4 is 20.1 Å². The largest absolute Gasteiger partial charge is 0.489 e. The predicted octanol–water partition coefficient (Wildman–Crippen LogP) is 5.25. The maximum atomic E-state index is 6.21. The highest BCUT2D eigenvalue weighted by molar-refractivity contribution is 6.00. The van der Waals surface area contributed by atoms with Crippen LogP contribution in [0.25, 0.3) is 0 Å². The summed E-state index contributed by atoms with van der Waals surface area (Å²) in [5.74, 6) is 3.75. The van der Waals surface area contributed by atoms with Crippen LogP contribution in [0.2, 0.25) is 0 Å². The third-order valence-electron chi connectivity index (χ3n) is 6.68. The summed E-state index contributed by atoms with van der Waals surface area (Å²) in [5, 5.41) is 6.77. The Labute approximate surface area is 219 Å². The second kappa shape index (κ2) is 11.5. The molecule has 6 nitrogen and oxygen atoms in total. The van der Waals surface area contributed by atoms with Gasteiger partial charge in [0.15, 0.2) is 0 Å². The van der Waals surface area contributed by atoms with Crippen molar-refractivity contribution < 1.29 is 9.47 Å². The van der Waals surface area contributed by atoms with E-state index in [2.05, 4.69) is 83.9 Å². The Morgan fingerprint density at radius 1 is 0.649 bits per heavy atom. The third kappa shape index (κ3) is 6.31. The summed E-state index contributed by atoms with van der Waals surface area (Å²) in [5.41, 5.74) is 7.91. The zero-order chi connectivity index (χ0) is 25.6. The summed E-state index contributed by atoms with van der Waals surface area (Å²) < 4.78 is 12.4. The van der Waals surface area contributed by atoms with E-state index in [9.17, 15) is 0 Å². The molecular weight excluding hydrogens is 460 g/mol. The lowest BCUT2D eigenvalue weighted by Crippen LogP contribution is -2.30. The molecule has 2 aliphatic rings. The second-order valence-electron chi connectivity index (χ2n) is 9.89. The number of aliphatic imine (C=N–C) groups is 2. The number of nitrogens with zero attached hydrogens (tertiary/aromatic N) is 2. The zero-order valence-electron chi connectivity index (χ0n) is 22.1. The molecule has 3 aromatic carbocycles. The Morgan fingerprint density at radius 2 is 1.14 bits per heavy atom. The first-order valence-electron chi connectivity index (χ1n) is 13.2. The van der Waals surface area contributed by atoms with Gasteiger partial charge in [-0.15, -0.1) is 0 Å². The number of amidine groups is 2. The Hall–Kier alpha value is -3.80. The maximum Gasteiger partial charge on any atom is 0.128 e. The molecule has 0 bridgehead atoms.